The fourth-order valence-corrected chi connectivity index (χ4v) is 3.22. The Morgan fingerprint density at radius 3 is 2.82 bits per heavy atom. The van der Waals surface area contributed by atoms with Crippen molar-refractivity contribution in [3.8, 4) is 5.75 Å². The molecule has 0 saturated carbocycles. The van der Waals surface area contributed by atoms with Crippen molar-refractivity contribution in [1.29, 1.82) is 0 Å². The standard InChI is InChI=1S/C18H19NO2S/c1-13-6-8-14(9-7-13)22-12-18(20)19-16-10-11-21-17-5-3-2-4-15(16)17/h2-9,16H,10-12H2,1H3,(H,19,20)/t16-/m1/s1. The quantitative estimate of drug-likeness (QED) is 0.874. The van der Waals surface area contributed by atoms with E-state index < -0.39 is 0 Å². The van der Waals surface area contributed by atoms with E-state index in [1.54, 1.807) is 11.8 Å². The number of ether oxygens (including phenoxy) is 1. The predicted octanol–water partition coefficient (Wildman–Crippen LogP) is 3.73. The van der Waals surface area contributed by atoms with Gasteiger partial charge in [0.25, 0.3) is 0 Å². The van der Waals surface area contributed by atoms with Crippen molar-refractivity contribution in [2.75, 3.05) is 12.4 Å². The molecule has 2 aromatic rings. The third kappa shape index (κ3) is 3.63. The second-order valence-corrected chi connectivity index (χ2v) is 6.45. The van der Waals surface area contributed by atoms with Gasteiger partial charge in [-0.25, -0.2) is 0 Å². The van der Waals surface area contributed by atoms with Gasteiger partial charge in [0.1, 0.15) is 5.75 Å². The lowest BCUT2D eigenvalue weighted by atomic mass is 10.0. The van der Waals surface area contributed by atoms with Crippen LogP contribution in [0.2, 0.25) is 0 Å². The Hall–Kier alpha value is -1.94. The van der Waals surface area contributed by atoms with Crippen molar-refractivity contribution in [3.63, 3.8) is 0 Å². The number of amides is 1. The number of carbonyl (C=O) groups is 1. The first-order valence-corrected chi connectivity index (χ1v) is 8.41. The van der Waals surface area contributed by atoms with Crippen LogP contribution in [0.1, 0.15) is 23.6 Å². The van der Waals surface area contributed by atoms with Crippen molar-refractivity contribution in [2.45, 2.75) is 24.3 Å². The zero-order chi connectivity index (χ0) is 15.4. The number of aryl methyl sites for hydroxylation is 1. The highest BCUT2D eigenvalue weighted by Gasteiger charge is 2.22. The van der Waals surface area contributed by atoms with Crippen molar-refractivity contribution in [2.24, 2.45) is 0 Å². The SMILES string of the molecule is Cc1ccc(SCC(=O)N[C@@H]2CCOc3ccccc32)cc1. The average molecular weight is 313 g/mol. The summed E-state index contributed by atoms with van der Waals surface area (Å²) < 4.78 is 5.62. The minimum atomic E-state index is 0.0519. The molecule has 1 aliphatic rings. The summed E-state index contributed by atoms with van der Waals surface area (Å²) in [4.78, 5) is 13.3. The molecule has 0 radical (unpaired) electrons. The van der Waals surface area contributed by atoms with Crippen LogP contribution in [0.3, 0.4) is 0 Å². The molecule has 0 saturated heterocycles. The number of hydrogen-bond donors (Lipinski definition) is 1. The van der Waals surface area contributed by atoms with E-state index in [1.807, 2.05) is 24.3 Å². The zero-order valence-electron chi connectivity index (χ0n) is 12.5. The van der Waals surface area contributed by atoms with Crippen LogP contribution in [0, 0.1) is 6.92 Å². The van der Waals surface area contributed by atoms with Crippen molar-refractivity contribution >= 4 is 17.7 Å². The molecule has 1 aliphatic heterocycles. The lowest BCUT2D eigenvalue weighted by Gasteiger charge is -2.26. The molecule has 3 rings (SSSR count). The Morgan fingerprint density at radius 1 is 1.23 bits per heavy atom. The van der Waals surface area contributed by atoms with Crippen LogP contribution in [0.25, 0.3) is 0 Å². The minimum Gasteiger partial charge on any atom is -0.493 e. The summed E-state index contributed by atoms with van der Waals surface area (Å²) in [6.45, 7) is 2.71. The van der Waals surface area contributed by atoms with E-state index in [9.17, 15) is 4.79 Å². The molecule has 0 aromatic heterocycles. The number of hydrogen-bond acceptors (Lipinski definition) is 3. The number of rotatable bonds is 4. The van der Waals surface area contributed by atoms with E-state index in [2.05, 4.69) is 36.5 Å². The van der Waals surface area contributed by atoms with Crippen LogP contribution in [0.15, 0.2) is 53.4 Å². The lowest BCUT2D eigenvalue weighted by molar-refractivity contribution is -0.119. The van der Waals surface area contributed by atoms with Gasteiger partial charge in [0.05, 0.1) is 18.4 Å². The van der Waals surface area contributed by atoms with Crippen LogP contribution in [-0.2, 0) is 4.79 Å². The molecule has 0 bridgehead atoms. The highest BCUT2D eigenvalue weighted by Crippen LogP contribution is 2.31. The first-order chi connectivity index (χ1) is 10.7. The maximum absolute atomic E-state index is 12.2. The Kier molecular flexibility index (Phi) is 4.68. The molecule has 114 valence electrons. The number of fused-ring (bicyclic) bond motifs is 1. The highest BCUT2D eigenvalue weighted by atomic mass is 32.2. The fraction of sp³-hybridized carbons (Fsp3) is 0.278. The Bertz CT molecular complexity index is 654. The highest BCUT2D eigenvalue weighted by molar-refractivity contribution is 8.00. The van der Waals surface area contributed by atoms with Gasteiger partial charge < -0.3 is 10.1 Å². The molecule has 0 unspecified atom stereocenters. The molecule has 4 heteroatoms. The number of para-hydroxylation sites is 1. The molecule has 22 heavy (non-hydrogen) atoms. The molecular formula is C18H19NO2S. The van der Waals surface area contributed by atoms with E-state index in [-0.39, 0.29) is 11.9 Å². The molecule has 0 fully saturated rings. The molecule has 1 atom stereocenters. The monoisotopic (exact) mass is 313 g/mol. The summed E-state index contributed by atoms with van der Waals surface area (Å²) in [5, 5.41) is 3.12. The molecule has 1 heterocycles. The minimum absolute atomic E-state index is 0.0519. The maximum atomic E-state index is 12.2. The molecule has 3 nitrogen and oxygen atoms in total. The van der Waals surface area contributed by atoms with Crippen LogP contribution < -0.4 is 10.1 Å². The van der Waals surface area contributed by atoms with Gasteiger partial charge in [-0.3, -0.25) is 4.79 Å². The molecule has 2 aromatic carbocycles. The van der Waals surface area contributed by atoms with Crippen LogP contribution in [0.4, 0.5) is 0 Å². The summed E-state index contributed by atoms with van der Waals surface area (Å²) >= 11 is 1.56. The van der Waals surface area contributed by atoms with Gasteiger partial charge >= 0.3 is 0 Å². The molecular weight excluding hydrogens is 294 g/mol. The van der Waals surface area contributed by atoms with Crippen molar-refractivity contribution < 1.29 is 9.53 Å². The van der Waals surface area contributed by atoms with E-state index in [4.69, 9.17) is 4.74 Å². The zero-order valence-corrected chi connectivity index (χ0v) is 13.4. The van der Waals surface area contributed by atoms with E-state index in [0.29, 0.717) is 12.4 Å². The van der Waals surface area contributed by atoms with Crippen LogP contribution >= 0.6 is 11.8 Å². The average Bonchev–Trinajstić information content (AvgIpc) is 2.55. The van der Waals surface area contributed by atoms with Gasteiger partial charge in [-0.15, -0.1) is 11.8 Å². The summed E-state index contributed by atoms with van der Waals surface area (Å²) in [7, 11) is 0. The summed E-state index contributed by atoms with van der Waals surface area (Å²) in [6, 6.07) is 16.2. The van der Waals surface area contributed by atoms with Gasteiger partial charge in [-0.1, -0.05) is 35.9 Å². The van der Waals surface area contributed by atoms with Crippen molar-refractivity contribution in [1.82, 2.24) is 5.32 Å². The van der Waals surface area contributed by atoms with E-state index in [0.717, 1.165) is 22.6 Å². The van der Waals surface area contributed by atoms with Crippen LogP contribution in [0.5, 0.6) is 5.75 Å². The first kappa shape index (κ1) is 15.0. The number of benzene rings is 2. The molecule has 1 amide bonds. The Morgan fingerprint density at radius 2 is 2.00 bits per heavy atom. The third-order valence-electron chi connectivity index (χ3n) is 3.68. The number of thioether (sulfide) groups is 1. The maximum Gasteiger partial charge on any atom is 0.230 e. The third-order valence-corrected chi connectivity index (χ3v) is 4.70. The van der Waals surface area contributed by atoms with Crippen molar-refractivity contribution in [3.05, 3.63) is 59.7 Å². The summed E-state index contributed by atoms with van der Waals surface area (Å²) in [6.07, 6.45) is 0.817. The predicted molar refractivity (Wildman–Crippen MR) is 89.3 cm³/mol. The van der Waals surface area contributed by atoms with Crippen LogP contribution in [-0.4, -0.2) is 18.3 Å². The topological polar surface area (TPSA) is 38.3 Å². The number of carbonyl (C=O) groups excluding carboxylic acids is 1. The number of nitrogens with one attached hydrogen (secondary N) is 1. The van der Waals surface area contributed by atoms with E-state index in [1.165, 1.54) is 5.56 Å². The Labute approximate surface area is 135 Å². The van der Waals surface area contributed by atoms with Gasteiger partial charge in [0, 0.05) is 16.9 Å². The van der Waals surface area contributed by atoms with Gasteiger partial charge in [0.2, 0.25) is 5.91 Å². The second kappa shape index (κ2) is 6.88. The summed E-state index contributed by atoms with van der Waals surface area (Å²) in [5.74, 6) is 1.38. The smallest absolute Gasteiger partial charge is 0.230 e. The van der Waals surface area contributed by atoms with E-state index >= 15 is 0 Å². The largest absolute Gasteiger partial charge is 0.493 e. The Balaban J connectivity index is 1.57. The van der Waals surface area contributed by atoms with Gasteiger partial charge in [-0.2, -0.15) is 0 Å². The summed E-state index contributed by atoms with van der Waals surface area (Å²) in [5.41, 5.74) is 2.30. The second-order valence-electron chi connectivity index (χ2n) is 5.40. The lowest BCUT2D eigenvalue weighted by Crippen LogP contribution is -2.33. The molecule has 1 N–H and O–H groups in total. The molecule has 0 aliphatic carbocycles. The fourth-order valence-electron chi connectivity index (χ4n) is 2.51. The van der Waals surface area contributed by atoms with Gasteiger partial charge in [0.15, 0.2) is 0 Å². The first-order valence-electron chi connectivity index (χ1n) is 7.43. The normalized spacial score (nSPS) is 16.5. The van der Waals surface area contributed by atoms with Gasteiger partial charge in [-0.05, 0) is 25.1 Å². The molecule has 0 spiro atoms.